The number of hydrogen-bond acceptors (Lipinski definition) is 4. The van der Waals surface area contributed by atoms with Crippen LogP contribution in [0.1, 0.15) is 19.1 Å². The summed E-state index contributed by atoms with van der Waals surface area (Å²) in [5.74, 6) is 0.592. The van der Waals surface area contributed by atoms with Crippen molar-refractivity contribution in [2.75, 3.05) is 12.3 Å². The molecule has 0 aliphatic rings. The van der Waals surface area contributed by atoms with E-state index in [2.05, 4.69) is 16.7 Å². The highest BCUT2D eigenvalue weighted by Crippen LogP contribution is 2.29. The van der Waals surface area contributed by atoms with Crippen molar-refractivity contribution in [2.24, 2.45) is 0 Å². The van der Waals surface area contributed by atoms with E-state index in [0.717, 1.165) is 21.8 Å². The second-order valence-corrected chi connectivity index (χ2v) is 9.58. The van der Waals surface area contributed by atoms with E-state index in [0.29, 0.717) is 18.7 Å². The van der Waals surface area contributed by atoms with Crippen LogP contribution in [0.4, 0.5) is 0 Å². The minimum absolute atomic E-state index is 0.00384. The molecule has 1 N–H and O–H groups in total. The highest BCUT2D eigenvalue weighted by molar-refractivity contribution is 7.89. The molecule has 1 unspecified atom stereocenters. The van der Waals surface area contributed by atoms with Gasteiger partial charge in [0.1, 0.15) is 5.76 Å². The minimum atomic E-state index is -3.50. The van der Waals surface area contributed by atoms with Crippen LogP contribution < -0.4 is 0 Å². The number of hydrogen-bond donors (Lipinski definition) is 1. The molecule has 6 nitrogen and oxygen atoms in total. The summed E-state index contributed by atoms with van der Waals surface area (Å²) in [6.45, 7) is 2.24. The van der Waals surface area contributed by atoms with E-state index in [1.165, 1.54) is 10.6 Å². The third-order valence-electron chi connectivity index (χ3n) is 5.26. The fraction of sp³-hybridized carbons (Fsp3) is 0.304. The largest absolute Gasteiger partial charge is 0.468 e. The van der Waals surface area contributed by atoms with E-state index in [9.17, 15) is 13.5 Å². The monoisotopic (exact) mass is 426 g/mol. The summed E-state index contributed by atoms with van der Waals surface area (Å²) < 4.78 is 34.3. The standard InChI is InChI=1S/C23H26N2O4S/c1-2-14-30(27,28)24(17-19-8-7-13-29-19)15-18(26)16-25-22-11-5-3-9-20(22)21-10-4-6-12-23(21)25/h3-13,18,26H,2,14-17H2,1H3. The van der Waals surface area contributed by atoms with Gasteiger partial charge in [0.2, 0.25) is 10.0 Å². The van der Waals surface area contributed by atoms with Crippen molar-refractivity contribution in [3.05, 3.63) is 72.7 Å². The molecule has 0 amide bonds. The van der Waals surface area contributed by atoms with Crippen LogP contribution in [0.5, 0.6) is 0 Å². The van der Waals surface area contributed by atoms with Crippen LogP contribution in [0.2, 0.25) is 0 Å². The predicted molar refractivity (Wildman–Crippen MR) is 119 cm³/mol. The van der Waals surface area contributed by atoms with Crippen molar-refractivity contribution in [1.82, 2.24) is 8.87 Å². The average Bonchev–Trinajstić information content (AvgIpc) is 3.35. The van der Waals surface area contributed by atoms with E-state index in [1.807, 2.05) is 43.3 Å². The van der Waals surface area contributed by atoms with Crippen LogP contribution in [0.3, 0.4) is 0 Å². The highest BCUT2D eigenvalue weighted by atomic mass is 32.2. The number of aromatic nitrogens is 1. The molecule has 4 aromatic rings. The molecule has 0 radical (unpaired) electrons. The number of nitrogens with zero attached hydrogens (tertiary/aromatic N) is 2. The smallest absolute Gasteiger partial charge is 0.214 e. The van der Waals surface area contributed by atoms with Crippen molar-refractivity contribution in [2.45, 2.75) is 32.5 Å². The Kier molecular flexibility index (Phi) is 5.94. The second-order valence-electron chi connectivity index (χ2n) is 7.49. The van der Waals surface area contributed by atoms with Crippen LogP contribution in [-0.2, 0) is 23.1 Å². The first-order chi connectivity index (χ1) is 14.5. The number of benzene rings is 2. The molecule has 0 aliphatic heterocycles. The van der Waals surface area contributed by atoms with Gasteiger partial charge in [0, 0.05) is 28.4 Å². The molecule has 2 heterocycles. The van der Waals surface area contributed by atoms with Gasteiger partial charge in [-0.05, 0) is 30.7 Å². The summed E-state index contributed by atoms with van der Waals surface area (Å²) in [7, 11) is -3.50. The summed E-state index contributed by atoms with van der Waals surface area (Å²) in [6, 6.07) is 19.6. The number of aliphatic hydroxyl groups is 1. The van der Waals surface area contributed by atoms with E-state index in [4.69, 9.17) is 4.42 Å². The van der Waals surface area contributed by atoms with Crippen molar-refractivity contribution in [3.63, 3.8) is 0 Å². The molecule has 2 aromatic heterocycles. The maximum Gasteiger partial charge on any atom is 0.214 e. The van der Waals surface area contributed by atoms with Gasteiger partial charge in [-0.1, -0.05) is 43.3 Å². The third kappa shape index (κ3) is 4.14. The quantitative estimate of drug-likeness (QED) is 0.439. The fourth-order valence-electron chi connectivity index (χ4n) is 3.94. The Morgan fingerprint density at radius 2 is 1.63 bits per heavy atom. The maximum atomic E-state index is 12.8. The average molecular weight is 427 g/mol. The molecule has 0 saturated carbocycles. The number of aliphatic hydroxyl groups excluding tert-OH is 1. The van der Waals surface area contributed by atoms with Crippen LogP contribution in [-0.4, -0.2) is 40.8 Å². The zero-order valence-electron chi connectivity index (χ0n) is 16.9. The summed E-state index contributed by atoms with van der Waals surface area (Å²) >= 11 is 0. The Labute approximate surface area is 176 Å². The molecule has 0 fully saturated rings. The molecule has 30 heavy (non-hydrogen) atoms. The molecule has 0 saturated heterocycles. The molecule has 2 aromatic carbocycles. The fourth-order valence-corrected chi connectivity index (χ4v) is 5.44. The molecule has 1 atom stereocenters. The van der Waals surface area contributed by atoms with Gasteiger partial charge in [-0.15, -0.1) is 0 Å². The van der Waals surface area contributed by atoms with E-state index in [-0.39, 0.29) is 18.8 Å². The Morgan fingerprint density at radius 3 is 2.20 bits per heavy atom. The normalized spacial score (nSPS) is 13.4. The van der Waals surface area contributed by atoms with Gasteiger partial charge in [0.15, 0.2) is 0 Å². The van der Waals surface area contributed by atoms with E-state index >= 15 is 0 Å². The van der Waals surface area contributed by atoms with E-state index in [1.54, 1.807) is 12.1 Å². The third-order valence-corrected chi connectivity index (χ3v) is 7.24. The first kappa shape index (κ1) is 20.7. The lowest BCUT2D eigenvalue weighted by molar-refractivity contribution is 0.126. The van der Waals surface area contributed by atoms with Gasteiger partial charge >= 0.3 is 0 Å². The molecule has 7 heteroatoms. The van der Waals surface area contributed by atoms with E-state index < -0.39 is 16.1 Å². The Balaban J connectivity index is 1.63. The zero-order valence-corrected chi connectivity index (χ0v) is 17.8. The number of fused-ring (bicyclic) bond motifs is 3. The molecule has 158 valence electrons. The summed E-state index contributed by atoms with van der Waals surface area (Å²) in [6.07, 6.45) is 1.17. The Bertz CT molecular complexity index is 1180. The number of sulfonamides is 1. The second kappa shape index (κ2) is 8.63. The number of furan rings is 1. The first-order valence-corrected chi connectivity index (χ1v) is 11.7. The molecule has 0 spiro atoms. The summed E-state index contributed by atoms with van der Waals surface area (Å²) in [5.41, 5.74) is 2.04. The summed E-state index contributed by atoms with van der Waals surface area (Å²) in [4.78, 5) is 0. The maximum absolute atomic E-state index is 12.8. The van der Waals surface area contributed by atoms with Gasteiger partial charge in [-0.2, -0.15) is 4.31 Å². The lowest BCUT2D eigenvalue weighted by atomic mass is 10.2. The lowest BCUT2D eigenvalue weighted by Gasteiger charge is -2.24. The molecule has 0 bridgehead atoms. The predicted octanol–water partition coefficient (Wildman–Crippen LogP) is 3.99. The number of rotatable bonds is 9. The van der Waals surface area contributed by atoms with Crippen molar-refractivity contribution >= 4 is 31.8 Å². The number of para-hydroxylation sites is 2. The van der Waals surface area contributed by atoms with Crippen molar-refractivity contribution in [3.8, 4) is 0 Å². The lowest BCUT2D eigenvalue weighted by Crippen LogP contribution is -2.39. The van der Waals surface area contributed by atoms with Crippen molar-refractivity contribution in [1.29, 1.82) is 0 Å². The van der Waals surface area contributed by atoms with Crippen LogP contribution in [0, 0.1) is 0 Å². The van der Waals surface area contributed by atoms with Gasteiger partial charge in [0.05, 0.1) is 31.2 Å². The molecular formula is C23H26N2O4S. The van der Waals surface area contributed by atoms with Gasteiger partial charge < -0.3 is 14.1 Å². The molecule has 4 rings (SSSR count). The van der Waals surface area contributed by atoms with Crippen molar-refractivity contribution < 1.29 is 17.9 Å². The SMILES string of the molecule is CCCS(=O)(=O)N(Cc1ccco1)CC(O)Cn1c2ccccc2c2ccccc21. The van der Waals surface area contributed by atoms with Gasteiger partial charge in [-0.25, -0.2) is 8.42 Å². The highest BCUT2D eigenvalue weighted by Gasteiger charge is 2.26. The summed E-state index contributed by atoms with van der Waals surface area (Å²) in [5, 5.41) is 13.1. The zero-order chi connectivity index (χ0) is 21.1. The van der Waals surface area contributed by atoms with Gasteiger partial charge in [-0.3, -0.25) is 0 Å². The minimum Gasteiger partial charge on any atom is -0.468 e. The van der Waals surface area contributed by atoms with Gasteiger partial charge in [0.25, 0.3) is 0 Å². The molecule has 0 aliphatic carbocycles. The van der Waals surface area contributed by atoms with Crippen LogP contribution in [0.25, 0.3) is 21.8 Å². The van der Waals surface area contributed by atoms with Crippen LogP contribution >= 0.6 is 0 Å². The van der Waals surface area contributed by atoms with Crippen LogP contribution in [0.15, 0.2) is 71.3 Å². The molecular weight excluding hydrogens is 400 g/mol. The topological polar surface area (TPSA) is 75.7 Å². The Hall–Kier alpha value is -2.61. The first-order valence-electron chi connectivity index (χ1n) is 10.1. The Morgan fingerprint density at radius 1 is 1.00 bits per heavy atom.